The fraction of sp³-hybridized carbons (Fsp3) is 0.0952. The lowest BCUT2D eigenvalue weighted by Crippen LogP contribution is -2.16. The molecule has 0 aliphatic carbocycles. The van der Waals surface area contributed by atoms with Gasteiger partial charge in [-0.05, 0) is 48.5 Å². The molecule has 0 bridgehead atoms. The van der Waals surface area contributed by atoms with Gasteiger partial charge in [-0.25, -0.2) is 14.2 Å². The van der Waals surface area contributed by atoms with E-state index in [0.29, 0.717) is 22.9 Å². The number of halogens is 1. The van der Waals surface area contributed by atoms with Crippen molar-refractivity contribution in [3.8, 4) is 5.75 Å². The summed E-state index contributed by atoms with van der Waals surface area (Å²) in [6, 6.07) is 15.1. The number of nitrogens with zero attached hydrogens (tertiary/aromatic N) is 2. The second-order valence-corrected chi connectivity index (χ2v) is 6.10. The van der Waals surface area contributed by atoms with Crippen LogP contribution in [0, 0.1) is 5.82 Å². The van der Waals surface area contributed by atoms with Crippen LogP contribution in [0.4, 0.5) is 4.39 Å². The first-order chi connectivity index (χ1) is 14.1. The maximum atomic E-state index is 12.9. The van der Waals surface area contributed by atoms with Crippen LogP contribution in [0.2, 0.25) is 0 Å². The van der Waals surface area contributed by atoms with Crippen LogP contribution in [0.3, 0.4) is 0 Å². The lowest BCUT2D eigenvalue weighted by Gasteiger charge is -2.05. The summed E-state index contributed by atoms with van der Waals surface area (Å²) >= 11 is 0. The van der Waals surface area contributed by atoms with Gasteiger partial charge in [0.15, 0.2) is 0 Å². The van der Waals surface area contributed by atoms with Crippen molar-refractivity contribution in [2.75, 3.05) is 0 Å². The van der Waals surface area contributed by atoms with E-state index >= 15 is 0 Å². The van der Waals surface area contributed by atoms with Crippen LogP contribution in [-0.4, -0.2) is 15.4 Å². The molecule has 0 amide bonds. The Morgan fingerprint density at radius 1 is 1.07 bits per heavy atom. The second-order valence-electron chi connectivity index (χ2n) is 6.10. The van der Waals surface area contributed by atoms with Crippen molar-refractivity contribution in [1.82, 2.24) is 9.38 Å². The number of benzene rings is 1. The molecule has 0 radical (unpaired) electrons. The Morgan fingerprint density at radius 3 is 2.72 bits per heavy atom. The lowest BCUT2D eigenvalue weighted by atomic mass is 10.3. The van der Waals surface area contributed by atoms with Crippen LogP contribution < -0.4 is 10.3 Å². The minimum atomic E-state index is -0.687. The molecule has 0 N–H and O–H groups in total. The molecule has 4 rings (SSSR count). The van der Waals surface area contributed by atoms with Gasteiger partial charge in [-0.2, -0.15) is 0 Å². The third kappa shape index (κ3) is 4.32. The number of carbonyl (C=O) groups is 1. The summed E-state index contributed by atoms with van der Waals surface area (Å²) in [5.74, 6) is -0.166. The van der Waals surface area contributed by atoms with Crippen LogP contribution in [0.5, 0.6) is 5.75 Å². The van der Waals surface area contributed by atoms with Crippen molar-refractivity contribution in [2.45, 2.75) is 13.2 Å². The third-order valence-corrected chi connectivity index (χ3v) is 4.03. The molecule has 0 saturated carbocycles. The van der Waals surface area contributed by atoms with E-state index in [1.807, 2.05) is 0 Å². The number of ether oxygens (including phenoxy) is 2. The van der Waals surface area contributed by atoms with Crippen molar-refractivity contribution in [2.24, 2.45) is 0 Å². The molecule has 0 spiro atoms. The van der Waals surface area contributed by atoms with E-state index in [2.05, 4.69) is 4.98 Å². The number of carbonyl (C=O) groups excluding carboxylic acids is 1. The summed E-state index contributed by atoms with van der Waals surface area (Å²) in [6.07, 6.45) is 1.61. The van der Waals surface area contributed by atoms with E-state index in [0.717, 1.165) is 0 Å². The summed E-state index contributed by atoms with van der Waals surface area (Å²) in [4.78, 5) is 28.5. The Labute approximate surface area is 163 Å². The number of aromatic nitrogens is 2. The van der Waals surface area contributed by atoms with Crippen LogP contribution in [0.25, 0.3) is 5.65 Å². The van der Waals surface area contributed by atoms with Gasteiger partial charge in [0.05, 0.1) is 5.69 Å². The number of hydrogen-bond donors (Lipinski definition) is 0. The molecule has 7 nitrogen and oxygen atoms in total. The first-order valence-corrected chi connectivity index (χ1v) is 8.70. The smallest absolute Gasteiger partial charge is 0.374 e. The second kappa shape index (κ2) is 7.97. The van der Waals surface area contributed by atoms with Gasteiger partial charge in [0, 0.05) is 12.3 Å². The maximum absolute atomic E-state index is 12.9. The molecular formula is C21H15FN2O5. The fourth-order valence-electron chi connectivity index (χ4n) is 2.64. The number of furan rings is 1. The number of pyridine rings is 1. The van der Waals surface area contributed by atoms with E-state index in [-0.39, 0.29) is 30.4 Å². The molecule has 0 aliphatic rings. The van der Waals surface area contributed by atoms with Crippen LogP contribution in [0.15, 0.2) is 76.1 Å². The molecule has 0 fully saturated rings. The molecular weight excluding hydrogens is 379 g/mol. The molecule has 1 aromatic carbocycles. The lowest BCUT2D eigenvalue weighted by molar-refractivity contribution is 0.0427. The van der Waals surface area contributed by atoms with Gasteiger partial charge in [0.1, 0.15) is 36.2 Å². The highest BCUT2D eigenvalue weighted by molar-refractivity contribution is 5.86. The molecule has 0 saturated heterocycles. The number of fused-ring (bicyclic) bond motifs is 1. The Kier molecular flexibility index (Phi) is 5.07. The highest BCUT2D eigenvalue weighted by atomic mass is 19.1. The van der Waals surface area contributed by atoms with Gasteiger partial charge >= 0.3 is 5.97 Å². The summed E-state index contributed by atoms with van der Waals surface area (Å²) in [7, 11) is 0. The van der Waals surface area contributed by atoms with Gasteiger partial charge in [0.2, 0.25) is 5.76 Å². The summed E-state index contributed by atoms with van der Waals surface area (Å²) in [5, 5.41) is 0. The topological polar surface area (TPSA) is 83.0 Å². The zero-order chi connectivity index (χ0) is 20.2. The predicted octanol–water partition coefficient (Wildman–Crippen LogP) is 3.36. The van der Waals surface area contributed by atoms with Gasteiger partial charge in [-0.3, -0.25) is 9.20 Å². The molecule has 4 aromatic rings. The largest absolute Gasteiger partial charge is 0.486 e. The minimum absolute atomic E-state index is 0.000201. The predicted molar refractivity (Wildman–Crippen MR) is 100 cm³/mol. The SMILES string of the molecule is O=C(OCc1cc(=O)n2ccccc2n1)c1ccc(COc2ccc(F)cc2)o1. The Morgan fingerprint density at radius 2 is 1.90 bits per heavy atom. The molecule has 0 unspecified atom stereocenters. The van der Waals surface area contributed by atoms with Crippen molar-refractivity contribution in [3.63, 3.8) is 0 Å². The zero-order valence-electron chi connectivity index (χ0n) is 15.1. The van der Waals surface area contributed by atoms with Gasteiger partial charge in [-0.1, -0.05) is 6.07 Å². The van der Waals surface area contributed by atoms with Crippen molar-refractivity contribution in [3.05, 3.63) is 100 Å². The Hall–Kier alpha value is -3.94. The van der Waals surface area contributed by atoms with E-state index in [1.54, 1.807) is 30.5 Å². The highest BCUT2D eigenvalue weighted by Crippen LogP contribution is 2.16. The quantitative estimate of drug-likeness (QED) is 0.467. The van der Waals surface area contributed by atoms with Crippen molar-refractivity contribution < 1.29 is 23.1 Å². The molecule has 3 aromatic heterocycles. The first kappa shape index (κ1) is 18.4. The van der Waals surface area contributed by atoms with Crippen LogP contribution in [0.1, 0.15) is 22.0 Å². The third-order valence-electron chi connectivity index (χ3n) is 4.03. The summed E-state index contributed by atoms with van der Waals surface area (Å²) < 4.78 is 30.3. The van der Waals surface area contributed by atoms with Crippen LogP contribution in [-0.2, 0) is 18.0 Å². The first-order valence-electron chi connectivity index (χ1n) is 8.70. The van der Waals surface area contributed by atoms with Crippen molar-refractivity contribution in [1.29, 1.82) is 0 Å². The van der Waals surface area contributed by atoms with E-state index < -0.39 is 5.97 Å². The zero-order valence-corrected chi connectivity index (χ0v) is 15.1. The summed E-state index contributed by atoms with van der Waals surface area (Å²) in [6.45, 7) is -0.0938. The van der Waals surface area contributed by atoms with E-state index in [1.165, 1.54) is 40.8 Å². The minimum Gasteiger partial charge on any atom is -0.486 e. The van der Waals surface area contributed by atoms with E-state index in [9.17, 15) is 14.0 Å². The van der Waals surface area contributed by atoms with Gasteiger partial charge in [-0.15, -0.1) is 0 Å². The molecule has 3 heterocycles. The van der Waals surface area contributed by atoms with Crippen molar-refractivity contribution >= 4 is 11.6 Å². The number of hydrogen-bond acceptors (Lipinski definition) is 6. The Balaban J connectivity index is 1.37. The monoisotopic (exact) mass is 394 g/mol. The number of rotatable bonds is 6. The van der Waals surface area contributed by atoms with E-state index in [4.69, 9.17) is 13.9 Å². The van der Waals surface area contributed by atoms with Gasteiger partial charge < -0.3 is 13.9 Å². The standard InChI is InChI=1S/C21H15FN2O5/c22-14-4-6-16(7-5-14)27-13-17-8-9-18(29-17)21(26)28-12-15-11-20(25)24-10-2-1-3-19(24)23-15/h1-11H,12-13H2. The van der Waals surface area contributed by atoms with Gasteiger partial charge in [0.25, 0.3) is 5.56 Å². The summed E-state index contributed by atoms with van der Waals surface area (Å²) in [5.41, 5.74) is 0.533. The molecule has 29 heavy (non-hydrogen) atoms. The maximum Gasteiger partial charge on any atom is 0.374 e. The average molecular weight is 394 g/mol. The van der Waals surface area contributed by atoms with Crippen LogP contribution >= 0.6 is 0 Å². The normalized spacial score (nSPS) is 10.8. The molecule has 0 aliphatic heterocycles. The number of esters is 1. The Bertz CT molecular complexity index is 1210. The molecule has 8 heteroatoms. The molecule has 146 valence electrons. The highest BCUT2D eigenvalue weighted by Gasteiger charge is 2.14. The molecule has 0 atom stereocenters. The fourth-order valence-corrected chi connectivity index (χ4v) is 2.64. The average Bonchev–Trinajstić information content (AvgIpc) is 3.21.